The van der Waals surface area contributed by atoms with Gasteiger partial charge in [0.05, 0.1) is 0 Å². The molecule has 0 nitrogen and oxygen atoms in total. The first-order valence-electron chi connectivity index (χ1n) is 5.89. The summed E-state index contributed by atoms with van der Waals surface area (Å²) in [5.74, 6) is -0.0905. The van der Waals surface area contributed by atoms with Crippen LogP contribution in [-0.2, 0) is 6.42 Å². The highest BCUT2D eigenvalue weighted by Gasteiger charge is 2.03. The number of aryl methyl sites for hydroxylation is 2. The summed E-state index contributed by atoms with van der Waals surface area (Å²) < 4.78 is 13.9. The van der Waals surface area contributed by atoms with Gasteiger partial charge in [0.25, 0.3) is 0 Å². The number of hydrogen-bond donors (Lipinski definition) is 0. The molecule has 0 heterocycles. The fourth-order valence-corrected chi connectivity index (χ4v) is 2.01. The van der Waals surface area contributed by atoms with Gasteiger partial charge in [0.2, 0.25) is 0 Å². The van der Waals surface area contributed by atoms with E-state index in [1.165, 1.54) is 0 Å². The number of halogens is 1. The minimum Gasteiger partial charge on any atom is -0.206 e. The first-order chi connectivity index (χ1) is 7.70. The lowest BCUT2D eigenvalue weighted by molar-refractivity contribution is 0.636. The van der Waals surface area contributed by atoms with E-state index in [4.69, 9.17) is 0 Å². The minimum atomic E-state index is -0.0905. The summed E-state index contributed by atoms with van der Waals surface area (Å²) in [6.45, 7) is 4.14. The topological polar surface area (TPSA) is 0 Å². The third kappa shape index (κ3) is 2.24. The van der Waals surface area contributed by atoms with Crippen LogP contribution in [0.5, 0.6) is 0 Å². The molecule has 0 atom stereocenters. The molecule has 0 fully saturated rings. The first-order valence-corrected chi connectivity index (χ1v) is 5.89. The van der Waals surface area contributed by atoms with E-state index in [1.54, 1.807) is 6.07 Å². The Morgan fingerprint density at radius 3 is 2.69 bits per heavy atom. The van der Waals surface area contributed by atoms with Gasteiger partial charge in [-0.3, -0.25) is 0 Å². The van der Waals surface area contributed by atoms with Crippen molar-refractivity contribution in [2.75, 3.05) is 0 Å². The summed E-state index contributed by atoms with van der Waals surface area (Å²) in [5, 5.41) is 1.75. The molecule has 0 aliphatic rings. The van der Waals surface area contributed by atoms with E-state index in [-0.39, 0.29) is 5.82 Å². The molecule has 0 saturated heterocycles. The minimum absolute atomic E-state index is 0.0905. The first kappa shape index (κ1) is 11.1. The summed E-state index contributed by atoms with van der Waals surface area (Å²) >= 11 is 0. The molecule has 2 aromatic carbocycles. The highest BCUT2D eigenvalue weighted by Crippen LogP contribution is 2.22. The van der Waals surface area contributed by atoms with Gasteiger partial charge in [-0.1, -0.05) is 37.1 Å². The maximum Gasteiger partial charge on any atom is 0.131 e. The molecule has 2 aromatic rings. The van der Waals surface area contributed by atoms with Gasteiger partial charge in [0.1, 0.15) is 5.82 Å². The Labute approximate surface area is 96.1 Å². The van der Waals surface area contributed by atoms with Gasteiger partial charge in [-0.25, -0.2) is 4.39 Å². The van der Waals surface area contributed by atoms with Crippen molar-refractivity contribution in [3.8, 4) is 0 Å². The van der Waals surface area contributed by atoms with Crippen molar-refractivity contribution in [3.05, 3.63) is 47.3 Å². The zero-order valence-electron chi connectivity index (χ0n) is 9.89. The summed E-state index contributed by atoms with van der Waals surface area (Å²) in [7, 11) is 0. The lowest BCUT2D eigenvalue weighted by atomic mass is 10.0. The Balaban J connectivity index is 2.46. The van der Waals surface area contributed by atoms with Gasteiger partial charge in [0.15, 0.2) is 0 Å². The van der Waals surface area contributed by atoms with Crippen LogP contribution >= 0.6 is 0 Å². The van der Waals surface area contributed by atoms with Gasteiger partial charge in [-0.05, 0) is 42.8 Å². The summed E-state index contributed by atoms with van der Waals surface area (Å²) in [6.07, 6.45) is 3.24. The van der Waals surface area contributed by atoms with E-state index >= 15 is 0 Å². The van der Waals surface area contributed by atoms with Crippen LogP contribution in [0.15, 0.2) is 30.3 Å². The van der Waals surface area contributed by atoms with Gasteiger partial charge in [-0.15, -0.1) is 0 Å². The Morgan fingerprint density at radius 2 is 1.94 bits per heavy atom. The average molecular weight is 216 g/mol. The van der Waals surface area contributed by atoms with Gasteiger partial charge in [0, 0.05) is 5.39 Å². The summed E-state index contributed by atoms with van der Waals surface area (Å²) in [6, 6.07) is 9.73. The molecule has 0 aliphatic heterocycles. The van der Waals surface area contributed by atoms with Crippen LogP contribution in [-0.4, -0.2) is 0 Å². The van der Waals surface area contributed by atoms with Crippen molar-refractivity contribution in [2.24, 2.45) is 0 Å². The zero-order valence-corrected chi connectivity index (χ0v) is 9.89. The Hall–Kier alpha value is -1.37. The van der Waals surface area contributed by atoms with E-state index in [2.05, 4.69) is 13.0 Å². The number of hydrogen-bond acceptors (Lipinski definition) is 0. The third-order valence-corrected chi connectivity index (χ3v) is 2.94. The molecular formula is C15H17F. The molecule has 0 spiro atoms. The van der Waals surface area contributed by atoms with E-state index < -0.39 is 0 Å². The molecule has 0 unspecified atom stereocenters. The highest BCUT2D eigenvalue weighted by molar-refractivity contribution is 5.84. The largest absolute Gasteiger partial charge is 0.206 e. The maximum absolute atomic E-state index is 13.9. The molecule has 0 N–H and O–H groups in total. The number of rotatable bonds is 3. The van der Waals surface area contributed by atoms with Crippen molar-refractivity contribution in [3.63, 3.8) is 0 Å². The average Bonchev–Trinajstić information content (AvgIpc) is 2.27. The quantitative estimate of drug-likeness (QED) is 0.701. The van der Waals surface area contributed by atoms with Gasteiger partial charge < -0.3 is 0 Å². The molecule has 16 heavy (non-hydrogen) atoms. The number of unbranched alkanes of at least 4 members (excludes halogenated alkanes) is 1. The van der Waals surface area contributed by atoms with Crippen molar-refractivity contribution in [1.29, 1.82) is 0 Å². The number of fused-ring (bicyclic) bond motifs is 1. The lowest BCUT2D eigenvalue weighted by Gasteiger charge is -2.05. The van der Waals surface area contributed by atoms with E-state index in [0.717, 1.165) is 41.2 Å². The van der Waals surface area contributed by atoms with Crippen LogP contribution in [0, 0.1) is 12.7 Å². The molecule has 0 aromatic heterocycles. The molecular weight excluding hydrogens is 199 g/mol. The Kier molecular flexibility index (Phi) is 3.23. The SMILES string of the molecule is CCCCc1cc(F)c2cc(C)ccc2c1. The molecule has 0 aliphatic carbocycles. The maximum atomic E-state index is 13.9. The van der Waals surface area contributed by atoms with E-state index in [0.29, 0.717) is 0 Å². The molecule has 1 heteroatoms. The second-order valence-electron chi connectivity index (χ2n) is 4.41. The summed E-state index contributed by atoms with van der Waals surface area (Å²) in [4.78, 5) is 0. The second kappa shape index (κ2) is 4.65. The van der Waals surface area contributed by atoms with Crippen molar-refractivity contribution >= 4 is 10.8 Å². The lowest BCUT2D eigenvalue weighted by Crippen LogP contribution is -1.89. The smallest absolute Gasteiger partial charge is 0.131 e. The molecule has 84 valence electrons. The fraction of sp³-hybridized carbons (Fsp3) is 0.333. The molecule has 0 amide bonds. The molecule has 0 radical (unpaired) electrons. The number of benzene rings is 2. The monoisotopic (exact) mass is 216 g/mol. The van der Waals surface area contributed by atoms with Crippen LogP contribution < -0.4 is 0 Å². The third-order valence-electron chi connectivity index (χ3n) is 2.94. The standard InChI is InChI=1S/C15H17F/c1-3-4-5-12-9-13-7-6-11(2)8-14(13)15(16)10-12/h6-10H,3-5H2,1-2H3. The van der Waals surface area contributed by atoms with Gasteiger partial charge >= 0.3 is 0 Å². The van der Waals surface area contributed by atoms with Crippen molar-refractivity contribution in [2.45, 2.75) is 33.1 Å². The Morgan fingerprint density at radius 1 is 1.12 bits per heavy atom. The van der Waals surface area contributed by atoms with E-state index in [1.807, 2.05) is 25.1 Å². The molecule has 2 rings (SSSR count). The van der Waals surface area contributed by atoms with E-state index in [9.17, 15) is 4.39 Å². The summed E-state index contributed by atoms with van der Waals surface area (Å²) in [5.41, 5.74) is 2.21. The van der Waals surface area contributed by atoms with Crippen LogP contribution in [0.2, 0.25) is 0 Å². The molecule has 0 bridgehead atoms. The predicted molar refractivity (Wildman–Crippen MR) is 67.3 cm³/mol. The second-order valence-corrected chi connectivity index (χ2v) is 4.41. The molecule has 0 saturated carbocycles. The van der Waals surface area contributed by atoms with Gasteiger partial charge in [-0.2, -0.15) is 0 Å². The van der Waals surface area contributed by atoms with Crippen LogP contribution in [0.4, 0.5) is 4.39 Å². The fourth-order valence-electron chi connectivity index (χ4n) is 2.01. The normalized spacial score (nSPS) is 10.9. The van der Waals surface area contributed by atoms with Crippen LogP contribution in [0.25, 0.3) is 10.8 Å². The van der Waals surface area contributed by atoms with Crippen LogP contribution in [0.3, 0.4) is 0 Å². The predicted octanol–water partition coefficient (Wildman–Crippen LogP) is 4.63. The van der Waals surface area contributed by atoms with Crippen molar-refractivity contribution in [1.82, 2.24) is 0 Å². The van der Waals surface area contributed by atoms with Crippen LogP contribution in [0.1, 0.15) is 30.9 Å². The zero-order chi connectivity index (χ0) is 11.5. The Bertz CT molecular complexity index is 500. The van der Waals surface area contributed by atoms with Crippen molar-refractivity contribution < 1.29 is 4.39 Å². The highest BCUT2D eigenvalue weighted by atomic mass is 19.1.